The summed E-state index contributed by atoms with van der Waals surface area (Å²) < 4.78 is 0. The van der Waals surface area contributed by atoms with E-state index in [1.54, 1.807) is 28.0 Å². The molecule has 6 nitrogen and oxygen atoms in total. The number of carbonyl (C=O) groups is 3. The van der Waals surface area contributed by atoms with E-state index in [9.17, 15) is 14.4 Å². The van der Waals surface area contributed by atoms with Gasteiger partial charge in [-0.15, -0.1) is 0 Å². The molecule has 3 rings (SSSR count). The molecule has 1 heterocycles. The molecule has 2 aliphatic rings. The van der Waals surface area contributed by atoms with Gasteiger partial charge in [-0.3, -0.25) is 14.4 Å². The van der Waals surface area contributed by atoms with Crippen LogP contribution in [0.3, 0.4) is 0 Å². The summed E-state index contributed by atoms with van der Waals surface area (Å²) >= 11 is 12.1. The predicted octanol–water partition coefficient (Wildman–Crippen LogP) is 2.39. The van der Waals surface area contributed by atoms with Gasteiger partial charge in [0.05, 0.1) is 27.4 Å². The van der Waals surface area contributed by atoms with Gasteiger partial charge in [-0.05, 0) is 25.0 Å². The molecule has 0 aromatic heterocycles. The van der Waals surface area contributed by atoms with Crippen molar-refractivity contribution in [2.75, 3.05) is 26.2 Å². The van der Waals surface area contributed by atoms with Crippen molar-refractivity contribution in [2.24, 2.45) is 11.8 Å². The number of rotatable bonds is 3. The van der Waals surface area contributed by atoms with Gasteiger partial charge in [0, 0.05) is 26.2 Å². The smallest absolute Gasteiger partial charge is 0.307 e. The van der Waals surface area contributed by atoms with Crippen molar-refractivity contribution in [3.05, 3.63) is 33.8 Å². The zero-order valence-electron chi connectivity index (χ0n) is 13.5. The minimum atomic E-state index is -0.908. The lowest BCUT2D eigenvalue weighted by Gasteiger charge is -2.40. The molecule has 1 saturated carbocycles. The molecule has 1 aliphatic carbocycles. The van der Waals surface area contributed by atoms with E-state index < -0.39 is 17.8 Å². The summed E-state index contributed by atoms with van der Waals surface area (Å²) in [4.78, 5) is 39.4. The van der Waals surface area contributed by atoms with Crippen LogP contribution in [0.25, 0.3) is 0 Å². The molecule has 0 bridgehead atoms. The molecule has 0 radical (unpaired) electrons. The van der Waals surface area contributed by atoms with E-state index in [2.05, 4.69) is 0 Å². The minimum absolute atomic E-state index is 0.119. The van der Waals surface area contributed by atoms with Crippen LogP contribution in [0.1, 0.15) is 23.2 Å². The summed E-state index contributed by atoms with van der Waals surface area (Å²) in [6, 6.07) is 4.92. The SMILES string of the molecule is O=C(O)C1CCC1C(=O)N1CCN(C(=O)c2cccc(Cl)c2Cl)CC1. The Morgan fingerprint density at radius 1 is 0.960 bits per heavy atom. The highest BCUT2D eigenvalue weighted by molar-refractivity contribution is 6.43. The van der Waals surface area contributed by atoms with Crippen molar-refractivity contribution in [3.8, 4) is 0 Å². The van der Waals surface area contributed by atoms with E-state index in [1.807, 2.05) is 0 Å². The second-order valence-electron chi connectivity index (χ2n) is 6.35. The third kappa shape index (κ3) is 3.46. The van der Waals surface area contributed by atoms with Gasteiger partial charge < -0.3 is 14.9 Å². The van der Waals surface area contributed by atoms with Crippen LogP contribution in [-0.2, 0) is 9.59 Å². The zero-order valence-corrected chi connectivity index (χ0v) is 15.0. The second-order valence-corrected chi connectivity index (χ2v) is 7.13. The number of hydrogen-bond donors (Lipinski definition) is 1. The first kappa shape index (κ1) is 18.0. The van der Waals surface area contributed by atoms with Gasteiger partial charge in [0.1, 0.15) is 0 Å². The summed E-state index contributed by atoms with van der Waals surface area (Å²) in [5.74, 6) is -2.24. The van der Waals surface area contributed by atoms with Crippen LogP contribution in [0.15, 0.2) is 18.2 Å². The van der Waals surface area contributed by atoms with Crippen LogP contribution in [0.4, 0.5) is 0 Å². The Bertz CT molecular complexity index is 717. The van der Waals surface area contributed by atoms with Crippen LogP contribution in [0.5, 0.6) is 0 Å². The van der Waals surface area contributed by atoms with Crippen LogP contribution in [0, 0.1) is 11.8 Å². The van der Waals surface area contributed by atoms with Gasteiger partial charge in [0.25, 0.3) is 5.91 Å². The Labute approximate surface area is 155 Å². The van der Waals surface area contributed by atoms with Crippen molar-refractivity contribution in [1.29, 1.82) is 0 Å². The summed E-state index contributed by atoms with van der Waals surface area (Å²) in [7, 11) is 0. The molecule has 1 aromatic carbocycles. The number of halogens is 2. The highest BCUT2D eigenvalue weighted by Crippen LogP contribution is 2.36. The van der Waals surface area contributed by atoms with Crippen molar-refractivity contribution >= 4 is 41.0 Å². The highest BCUT2D eigenvalue weighted by atomic mass is 35.5. The van der Waals surface area contributed by atoms with Crippen LogP contribution in [-0.4, -0.2) is 58.9 Å². The van der Waals surface area contributed by atoms with Gasteiger partial charge in [0.2, 0.25) is 5.91 Å². The number of nitrogens with zero attached hydrogens (tertiary/aromatic N) is 2. The Morgan fingerprint density at radius 3 is 2.12 bits per heavy atom. The number of benzene rings is 1. The average Bonchev–Trinajstić information content (AvgIpc) is 2.55. The Morgan fingerprint density at radius 2 is 1.56 bits per heavy atom. The first-order valence-electron chi connectivity index (χ1n) is 8.15. The largest absolute Gasteiger partial charge is 0.481 e. The third-order valence-electron chi connectivity index (χ3n) is 4.97. The van der Waals surface area contributed by atoms with Crippen molar-refractivity contribution in [3.63, 3.8) is 0 Å². The monoisotopic (exact) mass is 384 g/mol. The summed E-state index contributed by atoms with van der Waals surface area (Å²) in [5, 5.41) is 9.65. The van der Waals surface area contributed by atoms with Gasteiger partial charge in [0.15, 0.2) is 0 Å². The van der Waals surface area contributed by atoms with Crippen molar-refractivity contribution < 1.29 is 19.5 Å². The van der Waals surface area contributed by atoms with E-state index in [1.165, 1.54) is 0 Å². The molecule has 134 valence electrons. The first-order valence-corrected chi connectivity index (χ1v) is 8.90. The van der Waals surface area contributed by atoms with E-state index >= 15 is 0 Å². The molecular weight excluding hydrogens is 367 g/mol. The Kier molecular flexibility index (Phi) is 5.20. The Balaban J connectivity index is 1.60. The molecule has 25 heavy (non-hydrogen) atoms. The zero-order chi connectivity index (χ0) is 18.1. The van der Waals surface area contributed by atoms with E-state index in [4.69, 9.17) is 28.3 Å². The van der Waals surface area contributed by atoms with Crippen LogP contribution in [0.2, 0.25) is 10.0 Å². The maximum absolute atomic E-state index is 12.6. The maximum Gasteiger partial charge on any atom is 0.307 e. The minimum Gasteiger partial charge on any atom is -0.481 e. The molecule has 2 amide bonds. The number of aliphatic carboxylic acids is 1. The lowest BCUT2D eigenvalue weighted by atomic mass is 9.73. The summed E-state index contributed by atoms with van der Waals surface area (Å²) in [5.41, 5.74) is 0.346. The fourth-order valence-corrected chi connectivity index (χ4v) is 3.68. The number of hydrogen-bond acceptors (Lipinski definition) is 3. The molecule has 2 unspecified atom stereocenters. The molecule has 1 aromatic rings. The number of carbonyl (C=O) groups excluding carboxylic acids is 2. The molecule has 8 heteroatoms. The van der Waals surface area contributed by atoms with E-state index in [-0.39, 0.29) is 16.8 Å². The van der Waals surface area contributed by atoms with Crippen molar-refractivity contribution in [2.45, 2.75) is 12.8 Å². The number of amides is 2. The molecule has 2 fully saturated rings. The fourth-order valence-electron chi connectivity index (χ4n) is 3.29. The second kappa shape index (κ2) is 7.22. The average molecular weight is 385 g/mol. The molecular formula is C17H18Cl2N2O4. The van der Waals surface area contributed by atoms with Gasteiger partial charge in [-0.25, -0.2) is 0 Å². The molecule has 1 N–H and O–H groups in total. The normalized spacial score (nSPS) is 23.1. The number of piperazine rings is 1. The van der Waals surface area contributed by atoms with Gasteiger partial charge >= 0.3 is 5.97 Å². The number of carboxylic acids is 1. The quantitative estimate of drug-likeness (QED) is 0.867. The highest BCUT2D eigenvalue weighted by Gasteiger charge is 2.43. The summed E-state index contributed by atoms with van der Waals surface area (Å²) in [6.07, 6.45) is 1.17. The topological polar surface area (TPSA) is 77.9 Å². The maximum atomic E-state index is 12.6. The third-order valence-corrected chi connectivity index (χ3v) is 5.79. The summed E-state index contributed by atoms with van der Waals surface area (Å²) in [6.45, 7) is 1.56. The van der Waals surface area contributed by atoms with Gasteiger partial charge in [-0.1, -0.05) is 29.3 Å². The Hall–Kier alpha value is -1.79. The number of carboxylic acid groups (broad SMARTS) is 1. The van der Waals surface area contributed by atoms with Gasteiger partial charge in [-0.2, -0.15) is 0 Å². The molecule has 0 spiro atoms. The fraction of sp³-hybridized carbons (Fsp3) is 0.471. The standard InChI is InChI=1S/C17H18Cl2N2O4/c18-13-3-1-2-12(14(13)19)16(23)21-8-6-20(7-9-21)15(22)10-4-5-11(10)17(24)25/h1-3,10-11H,4-9H2,(H,24,25). The van der Waals surface area contributed by atoms with Crippen LogP contribution >= 0.6 is 23.2 Å². The molecule has 2 atom stereocenters. The van der Waals surface area contributed by atoms with E-state index in [0.717, 1.165) is 0 Å². The van der Waals surface area contributed by atoms with Crippen LogP contribution < -0.4 is 0 Å². The van der Waals surface area contributed by atoms with E-state index in [0.29, 0.717) is 49.6 Å². The first-order chi connectivity index (χ1) is 11.9. The predicted molar refractivity (Wildman–Crippen MR) is 92.8 cm³/mol. The molecule has 1 aliphatic heterocycles. The molecule has 1 saturated heterocycles. The lowest BCUT2D eigenvalue weighted by Crippen LogP contribution is -2.54. The lowest BCUT2D eigenvalue weighted by molar-refractivity contribution is -0.157. The van der Waals surface area contributed by atoms with Crippen molar-refractivity contribution in [1.82, 2.24) is 9.80 Å².